The quantitative estimate of drug-likeness (QED) is 0.156. The van der Waals surface area contributed by atoms with Gasteiger partial charge in [-0.2, -0.15) is 0 Å². The lowest BCUT2D eigenvalue weighted by Crippen LogP contribution is -2.17. The molecule has 0 unspecified atom stereocenters. The standard InChI is InChI=1S/C52H39N3/c1-5-18-41(19-6-1)53(42-20-7-2-8-21-42)45-31-28-38(29-32-45)40-30-34-48-49-35-33-46(54(43-22-9-3-10-23-43)44-24-11-4-12-25-44)37-52(49)55(51(48)36-40)50-27-15-17-39-16-13-14-26-47(39)50/h1-7,9-20,22-37H,8,21H2. The van der Waals surface area contributed by atoms with E-state index in [1.54, 1.807) is 0 Å². The second-order valence-electron chi connectivity index (χ2n) is 14.1. The van der Waals surface area contributed by atoms with Gasteiger partial charge in [-0.1, -0.05) is 133 Å². The van der Waals surface area contributed by atoms with Crippen LogP contribution >= 0.6 is 0 Å². The van der Waals surface area contributed by atoms with Crippen molar-refractivity contribution >= 4 is 61.0 Å². The Kier molecular flexibility index (Phi) is 8.31. The maximum atomic E-state index is 2.47. The van der Waals surface area contributed by atoms with Gasteiger partial charge in [-0.3, -0.25) is 0 Å². The van der Waals surface area contributed by atoms with Gasteiger partial charge < -0.3 is 14.4 Å². The van der Waals surface area contributed by atoms with E-state index in [4.69, 9.17) is 0 Å². The first-order valence-electron chi connectivity index (χ1n) is 19.1. The third-order valence-electron chi connectivity index (χ3n) is 10.8. The molecular weight excluding hydrogens is 667 g/mol. The highest BCUT2D eigenvalue weighted by Crippen LogP contribution is 2.42. The van der Waals surface area contributed by atoms with Crippen molar-refractivity contribution in [1.29, 1.82) is 0 Å². The fourth-order valence-electron chi connectivity index (χ4n) is 8.23. The smallest absolute Gasteiger partial charge is 0.0562 e. The average molecular weight is 706 g/mol. The van der Waals surface area contributed by atoms with Gasteiger partial charge in [-0.05, 0) is 108 Å². The number of hydrogen-bond donors (Lipinski definition) is 0. The molecule has 0 atom stereocenters. The summed E-state index contributed by atoms with van der Waals surface area (Å²) in [4.78, 5) is 4.73. The lowest BCUT2D eigenvalue weighted by molar-refractivity contribution is 0.918. The number of para-hydroxylation sites is 3. The minimum Gasteiger partial charge on any atom is -0.314 e. The van der Waals surface area contributed by atoms with Gasteiger partial charge in [0.1, 0.15) is 0 Å². The van der Waals surface area contributed by atoms with Crippen LogP contribution in [0, 0.1) is 0 Å². The summed E-state index contributed by atoms with van der Waals surface area (Å²) in [5.74, 6) is 0. The molecule has 1 heterocycles. The van der Waals surface area contributed by atoms with Crippen LogP contribution in [0.2, 0.25) is 0 Å². The molecular formula is C52H39N3. The lowest BCUT2D eigenvalue weighted by Gasteiger charge is -2.29. The van der Waals surface area contributed by atoms with Crippen molar-refractivity contribution in [3.05, 3.63) is 218 Å². The number of hydrogen-bond acceptors (Lipinski definition) is 2. The van der Waals surface area contributed by atoms with Crippen LogP contribution in [0.25, 0.3) is 49.4 Å². The number of rotatable bonds is 8. The first kappa shape index (κ1) is 32.5. The summed E-state index contributed by atoms with van der Waals surface area (Å²) in [6.45, 7) is 0. The van der Waals surface area contributed by atoms with Crippen molar-refractivity contribution in [1.82, 2.24) is 4.57 Å². The van der Waals surface area contributed by atoms with Gasteiger partial charge in [-0.25, -0.2) is 0 Å². The second-order valence-corrected chi connectivity index (χ2v) is 14.1. The molecule has 9 aromatic rings. The maximum Gasteiger partial charge on any atom is 0.0562 e. The Morgan fingerprint density at radius 3 is 1.62 bits per heavy atom. The summed E-state index contributed by atoms with van der Waals surface area (Å²) < 4.78 is 2.47. The van der Waals surface area contributed by atoms with Crippen molar-refractivity contribution in [2.45, 2.75) is 12.8 Å². The molecule has 0 amide bonds. The lowest BCUT2D eigenvalue weighted by atomic mass is 10.0. The van der Waals surface area contributed by atoms with Crippen LogP contribution in [0.4, 0.5) is 28.4 Å². The van der Waals surface area contributed by atoms with E-state index in [1.807, 2.05) is 0 Å². The van der Waals surface area contributed by atoms with Crippen molar-refractivity contribution in [3.8, 4) is 16.8 Å². The molecule has 1 aliphatic carbocycles. The van der Waals surface area contributed by atoms with Gasteiger partial charge in [0.25, 0.3) is 0 Å². The van der Waals surface area contributed by atoms with Crippen molar-refractivity contribution in [2.75, 3.05) is 9.80 Å². The van der Waals surface area contributed by atoms with E-state index in [2.05, 4.69) is 227 Å². The zero-order chi connectivity index (χ0) is 36.6. The van der Waals surface area contributed by atoms with Crippen LogP contribution in [0.5, 0.6) is 0 Å². The zero-order valence-electron chi connectivity index (χ0n) is 30.5. The Balaban J connectivity index is 1.15. The average Bonchev–Trinajstić information content (AvgIpc) is 3.58. The molecule has 0 saturated carbocycles. The summed E-state index contributed by atoms with van der Waals surface area (Å²) in [7, 11) is 0. The molecule has 0 aliphatic heterocycles. The molecule has 0 N–H and O–H groups in total. The molecule has 8 aromatic carbocycles. The van der Waals surface area contributed by atoms with Gasteiger partial charge in [0.15, 0.2) is 0 Å². The molecule has 10 rings (SSSR count). The number of aromatic nitrogens is 1. The summed E-state index contributed by atoms with van der Waals surface area (Å²) >= 11 is 0. The van der Waals surface area contributed by atoms with Crippen LogP contribution in [0.15, 0.2) is 218 Å². The van der Waals surface area contributed by atoms with Gasteiger partial charge >= 0.3 is 0 Å². The van der Waals surface area contributed by atoms with Crippen LogP contribution in [0.1, 0.15) is 12.8 Å². The molecule has 0 saturated heterocycles. The molecule has 0 radical (unpaired) electrons. The second kappa shape index (κ2) is 14.0. The van der Waals surface area contributed by atoms with E-state index in [0.717, 1.165) is 35.6 Å². The van der Waals surface area contributed by atoms with E-state index in [-0.39, 0.29) is 0 Å². The maximum absolute atomic E-state index is 2.47. The predicted octanol–water partition coefficient (Wildman–Crippen LogP) is 14.4. The number of benzene rings is 8. The fourth-order valence-corrected chi connectivity index (χ4v) is 8.23. The third-order valence-corrected chi connectivity index (χ3v) is 10.8. The molecule has 0 fully saturated rings. The van der Waals surface area contributed by atoms with Crippen LogP contribution in [-0.2, 0) is 0 Å². The van der Waals surface area contributed by atoms with E-state index < -0.39 is 0 Å². The molecule has 3 nitrogen and oxygen atoms in total. The van der Waals surface area contributed by atoms with Crippen LogP contribution in [-0.4, -0.2) is 4.57 Å². The van der Waals surface area contributed by atoms with Crippen LogP contribution in [0.3, 0.4) is 0 Å². The van der Waals surface area contributed by atoms with Crippen molar-refractivity contribution < 1.29 is 0 Å². The normalized spacial score (nSPS) is 12.6. The van der Waals surface area contributed by atoms with E-state index in [9.17, 15) is 0 Å². The summed E-state index contributed by atoms with van der Waals surface area (Å²) in [5.41, 5.74) is 12.9. The molecule has 55 heavy (non-hydrogen) atoms. The van der Waals surface area contributed by atoms with Gasteiger partial charge in [0.2, 0.25) is 0 Å². The Hall–Kier alpha value is -7.10. The zero-order valence-corrected chi connectivity index (χ0v) is 30.5. The highest BCUT2D eigenvalue weighted by atomic mass is 15.2. The number of fused-ring (bicyclic) bond motifs is 4. The first-order chi connectivity index (χ1) is 27.3. The van der Waals surface area contributed by atoms with E-state index >= 15 is 0 Å². The van der Waals surface area contributed by atoms with Crippen molar-refractivity contribution in [2.24, 2.45) is 0 Å². The number of allylic oxidation sites excluding steroid dienone is 4. The third kappa shape index (κ3) is 5.97. The van der Waals surface area contributed by atoms with Gasteiger partial charge in [0, 0.05) is 50.3 Å². The monoisotopic (exact) mass is 705 g/mol. The number of nitrogens with zero attached hydrogens (tertiary/aromatic N) is 3. The predicted molar refractivity (Wildman–Crippen MR) is 233 cm³/mol. The minimum absolute atomic E-state index is 1.01. The Morgan fingerprint density at radius 2 is 0.945 bits per heavy atom. The Labute approximate surface area is 322 Å². The fraction of sp³-hybridized carbons (Fsp3) is 0.0385. The molecule has 262 valence electrons. The SMILES string of the molecule is C1=CCCC(N(c2ccccc2)c2ccc(-c3ccc4c5ccc(N(c6ccccc6)c6ccccc6)cc5n(-c5cccc6ccccc56)c4c3)cc2)=C1. The highest BCUT2D eigenvalue weighted by molar-refractivity contribution is 6.12. The van der Waals surface area contributed by atoms with Crippen molar-refractivity contribution in [3.63, 3.8) is 0 Å². The van der Waals surface area contributed by atoms with E-state index in [0.29, 0.717) is 0 Å². The summed E-state index contributed by atoms with van der Waals surface area (Å²) in [6, 6.07) is 70.3. The van der Waals surface area contributed by atoms with Gasteiger partial charge in [0.05, 0.1) is 16.7 Å². The molecule has 1 aromatic heterocycles. The topological polar surface area (TPSA) is 11.4 Å². The molecule has 1 aliphatic rings. The van der Waals surface area contributed by atoms with Gasteiger partial charge in [-0.15, -0.1) is 0 Å². The summed E-state index contributed by atoms with van der Waals surface area (Å²) in [6.07, 6.45) is 8.73. The first-order valence-corrected chi connectivity index (χ1v) is 19.1. The Bertz CT molecular complexity index is 2810. The van der Waals surface area contributed by atoms with Crippen LogP contribution < -0.4 is 9.80 Å². The number of anilines is 5. The largest absolute Gasteiger partial charge is 0.314 e. The molecule has 0 spiro atoms. The van der Waals surface area contributed by atoms with E-state index in [1.165, 1.54) is 60.8 Å². The minimum atomic E-state index is 1.01. The molecule has 3 heteroatoms. The summed E-state index contributed by atoms with van der Waals surface area (Å²) in [5, 5.41) is 4.90. The highest BCUT2D eigenvalue weighted by Gasteiger charge is 2.20. The Morgan fingerprint density at radius 1 is 0.400 bits per heavy atom. The molecule has 0 bridgehead atoms.